The van der Waals surface area contributed by atoms with E-state index in [0.29, 0.717) is 16.7 Å². The van der Waals surface area contributed by atoms with Crippen molar-refractivity contribution in [2.45, 2.75) is 24.9 Å². The minimum atomic E-state index is -1.52. The number of rotatable bonds is 8. The molecule has 4 rings (SSSR count). The second-order valence-electron chi connectivity index (χ2n) is 7.51. The maximum absolute atomic E-state index is 14.7. The van der Waals surface area contributed by atoms with Gasteiger partial charge in [0.2, 0.25) is 0 Å². The molecule has 2 aromatic carbocycles. The summed E-state index contributed by atoms with van der Waals surface area (Å²) in [5, 5.41) is 3.19. The Morgan fingerprint density at radius 2 is 1.97 bits per heavy atom. The van der Waals surface area contributed by atoms with E-state index in [0.717, 1.165) is 0 Å². The quantitative estimate of drug-likeness (QED) is 0.404. The molecule has 3 aromatic rings. The van der Waals surface area contributed by atoms with Gasteiger partial charge in [-0.25, -0.2) is 4.39 Å². The average molecular weight is 475 g/mol. The van der Waals surface area contributed by atoms with E-state index in [9.17, 15) is 9.18 Å². The summed E-state index contributed by atoms with van der Waals surface area (Å²) in [6.07, 6.45) is 3.66. The molecule has 1 N–H and O–H groups in total. The number of nitrogens with one attached hydrogen (secondary N) is 1. The van der Waals surface area contributed by atoms with Crippen LogP contribution in [0.25, 0.3) is 0 Å². The fourth-order valence-corrected chi connectivity index (χ4v) is 3.92. The Bertz CT molecular complexity index is 1140. The Morgan fingerprint density at radius 3 is 2.69 bits per heavy atom. The van der Waals surface area contributed by atoms with Crippen molar-refractivity contribution >= 4 is 29.1 Å². The maximum Gasteiger partial charge on any atom is 0.259 e. The van der Waals surface area contributed by atoms with Crippen molar-refractivity contribution < 1.29 is 18.7 Å². The highest BCUT2D eigenvalue weighted by Gasteiger charge is 2.25. The molecule has 1 fully saturated rings. The van der Waals surface area contributed by atoms with E-state index in [1.54, 1.807) is 6.07 Å². The summed E-state index contributed by atoms with van der Waals surface area (Å²) in [6, 6.07) is 12.2. The second kappa shape index (κ2) is 9.76. The molecular formula is C24H21Cl2FN2O3. The molecule has 0 aliphatic heterocycles. The second-order valence-corrected chi connectivity index (χ2v) is 8.35. The molecule has 1 aromatic heterocycles. The van der Waals surface area contributed by atoms with Crippen LogP contribution >= 0.6 is 23.2 Å². The van der Waals surface area contributed by atoms with Crippen LogP contribution < -0.4 is 14.8 Å². The number of halogens is 3. The lowest BCUT2D eigenvalue weighted by Gasteiger charge is -2.16. The highest BCUT2D eigenvalue weighted by Crippen LogP contribution is 2.41. The fraction of sp³-hybridized carbons (Fsp3) is 0.250. The van der Waals surface area contributed by atoms with Gasteiger partial charge in [0.05, 0.1) is 26.0 Å². The number of hydrogen-bond acceptors (Lipinski definition) is 4. The SMILES string of the molecule is COc1cncc(Oc2cccc(C3CC3)c2)c1C(=O)NCC(F)c1ccc(Cl)cc1Cl. The largest absolute Gasteiger partial charge is 0.494 e. The summed E-state index contributed by atoms with van der Waals surface area (Å²) in [4.78, 5) is 17.1. The van der Waals surface area contributed by atoms with E-state index in [2.05, 4.69) is 16.4 Å². The molecule has 5 nitrogen and oxygen atoms in total. The number of amides is 1. The zero-order chi connectivity index (χ0) is 22.7. The number of alkyl halides is 1. The van der Waals surface area contributed by atoms with Gasteiger partial charge in [-0.05, 0) is 48.6 Å². The van der Waals surface area contributed by atoms with E-state index in [-0.39, 0.29) is 34.2 Å². The minimum Gasteiger partial charge on any atom is -0.494 e. The lowest BCUT2D eigenvalue weighted by Crippen LogP contribution is -2.28. The molecule has 1 unspecified atom stereocenters. The van der Waals surface area contributed by atoms with Crippen LogP contribution in [-0.2, 0) is 0 Å². The van der Waals surface area contributed by atoms with Gasteiger partial charge in [0.1, 0.15) is 17.5 Å². The molecule has 166 valence electrons. The molecule has 1 atom stereocenters. The van der Waals surface area contributed by atoms with Gasteiger partial charge < -0.3 is 14.8 Å². The zero-order valence-electron chi connectivity index (χ0n) is 17.3. The number of ether oxygens (including phenoxy) is 2. The molecule has 0 saturated heterocycles. The van der Waals surface area contributed by atoms with E-state index >= 15 is 0 Å². The van der Waals surface area contributed by atoms with Crippen LogP contribution in [0.1, 0.15) is 46.4 Å². The van der Waals surface area contributed by atoms with Gasteiger partial charge in [0, 0.05) is 15.6 Å². The van der Waals surface area contributed by atoms with Crippen molar-refractivity contribution in [2.24, 2.45) is 0 Å². The highest BCUT2D eigenvalue weighted by molar-refractivity contribution is 6.35. The molecule has 1 amide bonds. The number of methoxy groups -OCH3 is 1. The van der Waals surface area contributed by atoms with Crippen molar-refractivity contribution in [3.63, 3.8) is 0 Å². The molecule has 1 heterocycles. The summed E-state index contributed by atoms with van der Waals surface area (Å²) >= 11 is 11.9. The first-order valence-electron chi connectivity index (χ1n) is 10.1. The maximum atomic E-state index is 14.7. The predicted molar refractivity (Wildman–Crippen MR) is 122 cm³/mol. The van der Waals surface area contributed by atoms with Gasteiger partial charge >= 0.3 is 0 Å². The van der Waals surface area contributed by atoms with Gasteiger partial charge in [0.25, 0.3) is 5.91 Å². The van der Waals surface area contributed by atoms with Crippen molar-refractivity contribution in [2.75, 3.05) is 13.7 Å². The Kier molecular flexibility index (Phi) is 6.82. The summed E-state index contributed by atoms with van der Waals surface area (Å²) in [5.41, 5.74) is 1.57. The van der Waals surface area contributed by atoms with Gasteiger partial charge in [-0.3, -0.25) is 9.78 Å². The third kappa shape index (κ3) is 5.14. The average Bonchev–Trinajstić information content (AvgIpc) is 3.63. The number of aromatic nitrogens is 1. The van der Waals surface area contributed by atoms with Gasteiger partial charge in [-0.2, -0.15) is 0 Å². The summed E-state index contributed by atoms with van der Waals surface area (Å²) in [7, 11) is 1.43. The molecule has 1 aliphatic carbocycles. The van der Waals surface area contributed by atoms with Crippen LogP contribution in [0.2, 0.25) is 10.0 Å². The fourth-order valence-electron chi connectivity index (χ4n) is 3.39. The van der Waals surface area contributed by atoms with Crippen LogP contribution in [0.3, 0.4) is 0 Å². The number of hydrogen-bond donors (Lipinski definition) is 1. The van der Waals surface area contributed by atoms with E-state index in [4.69, 9.17) is 32.7 Å². The molecule has 0 bridgehead atoms. The number of pyridine rings is 1. The van der Waals surface area contributed by atoms with Crippen molar-refractivity contribution in [3.05, 3.63) is 81.6 Å². The summed E-state index contributed by atoms with van der Waals surface area (Å²) in [6.45, 7) is -0.289. The molecule has 32 heavy (non-hydrogen) atoms. The van der Waals surface area contributed by atoms with Crippen LogP contribution in [0.15, 0.2) is 54.9 Å². The van der Waals surface area contributed by atoms with Gasteiger partial charge in [-0.15, -0.1) is 0 Å². The first-order chi connectivity index (χ1) is 15.5. The van der Waals surface area contributed by atoms with Crippen molar-refractivity contribution in [1.82, 2.24) is 10.3 Å². The highest BCUT2D eigenvalue weighted by atomic mass is 35.5. The molecular weight excluding hydrogens is 454 g/mol. The van der Waals surface area contributed by atoms with Crippen molar-refractivity contribution in [1.29, 1.82) is 0 Å². The first kappa shape index (κ1) is 22.4. The van der Waals surface area contributed by atoms with Crippen molar-refractivity contribution in [3.8, 4) is 17.2 Å². The lowest BCUT2D eigenvalue weighted by atomic mass is 10.1. The smallest absolute Gasteiger partial charge is 0.259 e. The van der Waals surface area contributed by atoms with Crippen LogP contribution in [0, 0.1) is 0 Å². The Labute approximate surface area is 195 Å². The Hall–Kier alpha value is -2.83. The molecule has 0 radical (unpaired) electrons. The minimum absolute atomic E-state index is 0.133. The zero-order valence-corrected chi connectivity index (χ0v) is 18.8. The number of carbonyl (C=O) groups excluding carboxylic acids is 1. The number of benzene rings is 2. The standard InChI is InChI=1S/C24H21Cl2FN2O3/c1-31-21-12-28-13-22(32-17-4-2-3-15(9-17)14-5-6-14)23(21)24(30)29-11-20(27)18-8-7-16(25)10-19(18)26/h2-4,7-10,12-14,20H,5-6,11H2,1H3,(H,29,30). The van der Waals surface area contributed by atoms with Gasteiger partial charge in [-0.1, -0.05) is 41.4 Å². The molecule has 1 aliphatic rings. The van der Waals surface area contributed by atoms with Crippen LogP contribution in [0.4, 0.5) is 4.39 Å². The monoisotopic (exact) mass is 474 g/mol. The predicted octanol–water partition coefficient (Wildman–Crippen LogP) is 6.51. The Balaban J connectivity index is 1.52. The number of carbonyl (C=O) groups is 1. The van der Waals surface area contributed by atoms with E-state index in [1.807, 2.05) is 18.2 Å². The van der Waals surface area contributed by atoms with E-state index < -0.39 is 12.1 Å². The molecule has 0 spiro atoms. The first-order valence-corrected chi connectivity index (χ1v) is 10.9. The third-order valence-corrected chi connectivity index (χ3v) is 5.76. The van der Waals surface area contributed by atoms with Crippen LogP contribution in [-0.4, -0.2) is 24.5 Å². The molecule has 8 heteroatoms. The topological polar surface area (TPSA) is 60.5 Å². The van der Waals surface area contributed by atoms with Gasteiger partial charge in [0.15, 0.2) is 11.5 Å². The normalized spacial score (nSPS) is 14.0. The Morgan fingerprint density at radius 1 is 1.19 bits per heavy atom. The van der Waals surface area contributed by atoms with E-state index in [1.165, 1.54) is 50.0 Å². The lowest BCUT2D eigenvalue weighted by molar-refractivity contribution is 0.0936. The summed E-state index contributed by atoms with van der Waals surface area (Å²) in [5.74, 6) is 1.04. The van der Waals surface area contributed by atoms with Crippen LogP contribution in [0.5, 0.6) is 17.2 Å². The molecule has 1 saturated carbocycles. The summed E-state index contributed by atoms with van der Waals surface area (Å²) < 4.78 is 26.0. The number of nitrogens with zero attached hydrogens (tertiary/aromatic N) is 1. The third-order valence-electron chi connectivity index (χ3n) is 5.20.